The lowest BCUT2D eigenvalue weighted by atomic mass is 9.54. The number of carbonyl (C=O) groups is 3. The van der Waals surface area contributed by atoms with Crippen LogP contribution in [0.2, 0.25) is 0 Å². The van der Waals surface area contributed by atoms with Crippen molar-refractivity contribution in [1.82, 2.24) is 0 Å². The fourth-order valence-corrected chi connectivity index (χ4v) is 20.1. The Morgan fingerprint density at radius 2 is 0.921 bits per heavy atom. The molecule has 12 aromatic carbocycles. The number of carboxylic acids is 3. The molecule has 12 aromatic rings. The third kappa shape index (κ3) is 4.56. The summed E-state index contributed by atoms with van der Waals surface area (Å²) in [5.74, 6) is -7.70. The lowest BCUT2D eigenvalue weighted by molar-refractivity contribution is -0.132. The fraction of sp³-hybridized carbons (Fsp3) is 0.0656. The van der Waals surface area contributed by atoms with Gasteiger partial charge in [0, 0.05) is 82.2 Å². The summed E-state index contributed by atoms with van der Waals surface area (Å²) in [6, 6.07) is 9.83. The second-order valence-electron chi connectivity index (χ2n) is 23.9. The minimum Gasteiger partial charge on any atom is -0.478 e. The number of hydrogen-bond donors (Lipinski definition) is 7. The van der Waals surface area contributed by atoms with Gasteiger partial charge in [-0.2, -0.15) is 33.7 Å². The van der Waals surface area contributed by atoms with Gasteiger partial charge in [0.1, 0.15) is 5.57 Å². The van der Waals surface area contributed by atoms with E-state index in [4.69, 9.17) is 26.2 Å². The molecule has 7 N–H and O–H groups in total. The number of rotatable bonds is 11. The maximum Gasteiger partial charge on any atom is 0.446 e. The third-order valence-electron chi connectivity index (χ3n) is 20.6. The highest BCUT2D eigenvalue weighted by Gasteiger charge is 2.84. The van der Waals surface area contributed by atoms with Crippen LogP contribution in [0.25, 0.3) is 142 Å². The van der Waals surface area contributed by atoms with E-state index in [1.165, 1.54) is 6.07 Å². The van der Waals surface area contributed by atoms with Crippen LogP contribution < -0.4 is 12.5 Å². The van der Waals surface area contributed by atoms with Gasteiger partial charge in [0.2, 0.25) is 0 Å². The predicted molar refractivity (Wildman–Crippen MR) is 312 cm³/mol. The average Bonchev–Trinajstić information content (AvgIpc) is 1.47. The van der Waals surface area contributed by atoms with Gasteiger partial charge in [-0.3, -0.25) is 18.2 Å². The maximum atomic E-state index is 14.0. The summed E-state index contributed by atoms with van der Waals surface area (Å²) < 4.78 is 188. The first-order valence-corrected chi connectivity index (χ1v) is 32.1. The zero-order chi connectivity index (χ0) is 60.8. The Morgan fingerprint density at radius 3 is 1.53 bits per heavy atom. The Hall–Kier alpha value is -9.85. The van der Waals surface area contributed by atoms with Crippen molar-refractivity contribution in [3.05, 3.63) is 145 Å². The van der Waals surface area contributed by atoms with Gasteiger partial charge in [0.15, 0.2) is 45.4 Å². The van der Waals surface area contributed by atoms with Crippen molar-refractivity contribution in [1.29, 1.82) is 0 Å². The molecule has 0 saturated carbocycles. The van der Waals surface area contributed by atoms with Gasteiger partial charge >= 0.3 is 59.5 Å². The van der Waals surface area contributed by atoms with Gasteiger partial charge in [-0.05, 0) is 152 Å². The molecule has 2 saturated heterocycles. The number of aromatic carboxylic acids is 2. The molecular weight excluding hydrogens is 1240 g/mol. The van der Waals surface area contributed by atoms with Crippen molar-refractivity contribution < 1.29 is 108 Å². The molecule has 22 rings (SSSR count). The molecule has 89 heavy (non-hydrogen) atoms. The number of fused-ring (bicyclic) bond motifs is 2. The van der Waals surface area contributed by atoms with Crippen molar-refractivity contribution >= 4 is 201 Å². The van der Waals surface area contributed by atoms with E-state index in [0.717, 1.165) is 24.3 Å². The molecule has 24 nitrogen and oxygen atoms in total. The van der Waals surface area contributed by atoms with Crippen LogP contribution in [0.1, 0.15) is 65.2 Å². The third-order valence-corrected chi connectivity index (χ3v) is 22.1. The second kappa shape index (κ2) is 13.0. The van der Waals surface area contributed by atoms with E-state index in [1.807, 2.05) is 0 Å². The molecule has 0 aromatic heterocycles. The van der Waals surface area contributed by atoms with Crippen LogP contribution in [0.5, 0.6) is 17.2 Å². The number of allylic oxidation sites excluding steroid dienone is 2. The van der Waals surface area contributed by atoms with Gasteiger partial charge in [-0.15, -0.1) is 0 Å². The number of ether oxygens (including phenoxy) is 2. The lowest BCUT2D eigenvalue weighted by Gasteiger charge is -2.44. The van der Waals surface area contributed by atoms with Crippen molar-refractivity contribution in [2.45, 2.75) is 22.4 Å². The van der Waals surface area contributed by atoms with Crippen molar-refractivity contribution in [3.8, 4) is 17.2 Å². The minimum atomic E-state index is -5.71. The average molecular weight is 1270 g/mol. The topological polar surface area (TPSA) is 391 Å². The van der Waals surface area contributed by atoms with Crippen molar-refractivity contribution in [3.63, 3.8) is 0 Å². The number of benzene rings is 12. The van der Waals surface area contributed by atoms with E-state index < -0.39 is 122 Å². The Kier molecular flexibility index (Phi) is 7.04. The number of epoxide rings is 2. The van der Waals surface area contributed by atoms with Crippen LogP contribution in [0, 0.1) is 0 Å². The summed E-state index contributed by atoms with van der Waals surface area (Å²) in [7, 11) is -22.5. The molecule has 432 valence electrons. The predicted octanol–water partition coefficient (Wildman–Crippen LogP) is 9.05. The Balaban J connectivity index is 1.15. The standard InChI is InChI=1S/C61H20O24S4/c62-55(63)18-8-20-28-3-1-2-15-7-25-48-45-37-24(53(25)82-88(74,75)76)10-22-31(80-86(68,69)70)13-17-19(56(64)65)9-21-29-12-27(57(66)67)54(83-89(77,78)79)30-11-26-49-44-36-23(52(26)81-87(71,72)73)6-14-4-5-16(18)33-32(14)40(36)46(50(38(20)33)60(48)58(15,28)84-60)42(45)43(44)47-41(37)35(22)34(17)39(21)51(47)61(49)59(29,30)85-61/h1-13H,(H,62,63)(H,64,65)(H,66,67)(H,68,69,70)(H,71,72,73)(H,74,75,76)(H,77,78,79). The lowest BCUT2D eigenvalue weighted by Crippen LogP contribution is -2.40. The van der Waals surface area contributed by atoms with E-state index in [9.17, 15) is 81.6 Å². The van der Waals surface area contributed by atoms with Gasteiger partial charge in [-0.1, -0.05) is 30.4 Å². The summed E-state index contributed by atoms with van der Waals surface area (Å²) in [5, 5.41) is 38.0. The highest BCUT2D eigenvalue weighted by Crippen LogP contribution is 2.85. The molecule has 2 heterocycles. The molecule has 10 aliphatic rings. The zero-order valence-corrected chi connectivity index (χ0v) is 46.5. The van der Waals surface area contributed by atoms with E-state index in [2.05, 4.69) is 0 Å². The normalized spacial score (nSPS) is 24.0. The summed E-state index contributed by atoms with van der Waals surface area (Å²) in [4.78, 5) is 41.5. The molecular formula is C61H20O24S4. The summed E-state index contributed by atoms with van der Waals surface area (Å²) in [6.07, 6.45) is 8.97. The van der Waals surface area contributed by atoms with Crippen molar-refractivity contribution in [2.24, 2.45) is 0 Å². The Bertz CT molecular complexity index is 6810. The smallest absolute Gasteiger partial charge is 0.446 e. The van der Waals surface area contributed by atoms with Crippen LogP contribution in [-0.2, 0) is 71.2 Å². The van der Waals surface area contributed by atoms with Crippen LogP contribution in [0.3, 0.4) is 0 Å². The molecule has 4 atom stereocenters. The Labute approximate surface area is 490 Å². The first-order valence-electron chi connectivity index (χ1n) is 26.7. The molecule has 4 unspecified atom stereocenters. The number of aliphatic carboxylic acids is 1. The second-order valence-corrected chi connectivity index (χ2v) is 28.0. The highest BCUT2D eigenvalue weighted by atomic mass is 32.3. The molecule has 28 heteroatoms. The van der Waals surface area contributed by atoms with E-state index >= 15 is 0 Å². The zero-order valence-electron chi connectivity index (χ0n) is 43.2. The molecule has 8 aliphatic carbocycles. The first-order chi connectivity index (χ1) is 42.1. The quantitative estimate of drug-likeness (QED) is 0.0275. The molecule has 4 spiro atoms. The SMILES string of the molecule is O=C(O)C1=C(OS(=O)(=O)O)C2=Cc3c(OS(=O)(=O)O)c4cc5ccc6c(C(=O)O)cc7c8c9c%10c%11c%12c%13c(c(OS(=O)(=O)O)c%14cc%15c(OS(=O)(=O)O)cc%16c(C(=O)O)cc%17c%18c%19c(c%11c(c3C%193OC23C%17=C1)c4c%10c5c68)c(c%14%12)c%15c%16%18)C=C1C=CC=C7C12OC%1392. The molecule has 0 amide bonds. The number of carboxylic acid groups (broad SMARTS) is 3. The molecule has 0 radical (unpaired) electrons. The van der Waals surface area contributed by atoms with Crippen LogP contribution in [0.4, 0.5) is 0 Å². The summed E-state index contributed by atoms with van der Waals surface area (Å²) in [6.45, 7) is 0. The largest absolute Gasteiger partial charge is 0.478 e. The number of hydrogen-bond acceptors (Lipinski definition) is 17. The first kappa shape index (κ1) is 48.2. The van der Waals surface area contributed by atoms with Gasteiger partial charge in [0.05, 0.1) is 11.1 Å². The van der Waals surface area contributed by atoms with Crippen LogP contribution in [-0.4, -0.2) is 96.3 Å². The highest BCUT2D eigenvalue weighted by molar-refractivity contribution is 7.82. The van der Waals surface area contributed by atoms with E-state index in [0.29, 0.717) is 70.7 Å². The van der Waals surface area contributed by atoms with Gasteiger partial charge in [0.25, 0.3) is 0 Å². The van der Waals surface area contributed by atoms with Crippen LogP contribution >= 0.6 is 0 Å². The van der Waals surface area contributed by atoms with E-state index in [-0.39, 0.29) is 115 Å². The van der Waals surface area contributed by atoms with Crippen molar-refractivity contribution in [2.75, 3.05) is 0 Å². The summed E-state index contributed by atoms with van der Waals surface area (Å²) >= 11 is 0. The molecule has 0 bridgehead atoms. The van der Waals surface area contributed by atoms with Gasteiger partial charge < -0.3 is 41.5 Å². The monoisotopic (exact) mass is 1260 g/mol. The minimum absolute atomic E-state index is 0.00170. The summed E-state index contributed by atoms with van der Waals surface area (Å²) in [5.41, 5.74) is -8.00. The fourth-order valence-electron chi connectivity index (χ4n) is 18.6. The van der Waals surface area contributed by atoms with E-state index in [1.54, 1.807) is 48.6 Å². The molecule has 2 fully saturated rings. The maximum absolute atomic E-state index is 14.0. The Morgan fingerprint density at radius 1 is 0.416 bits per heavy atom. The molecule has 2 aliphatic heterocycles. The van der Waals surface area contributed by atoms with Crippen LogP contribution in [0.15, 0.2) is 89.2 Å². The van der Waals surface area contributed by atoms with Gasteiger partial charge in [-0.25, -0.2) is 14.4 Å².